The van der Waals surface area contributed by atoms with E-state index in [0.717, 1.165) is 25.7 Å². The highest BCUT2D eigenvalue weighted by Crippen LogP contribution is 2.07. The van der Waals surface area contributed by atoms with E-state index >= 15 is 0 Å². The van der Waals surface area contributed by atoms with Gasteiger partial charge in [-0.05, 0) is 52.2 Å². The Morgan fingerprint density at radius 3 is 2.30 bits per heavy atom. The summed E-state index contributed by atoms with van der Waals surface area (Å²) >= 11 is 0. The minimum absolute atomic E-state index is 0.280. The van der Waals surface area contributed by atoms with Crippen LogP contribution in [0.5, 0.6) is 0 Å². The fraction of sp³-hybridized carbons (Fsp3) is 0.556. The molecule has 0 aliphatic carbocycles. The van der Waals surface area contributed by atoms with E-state index in [0.29, 0.717) is 18.7 Å². The van der Waals surface area contributed by atoms with Gasteiger partial charge in [-0.15, -0.1) is 0 Å². The highest BCUT2D eigenvalue weighted by atomic mass is 16.6. The molecule has 0 heterocycles. The van der Waals surface area contributed by atoms with E-state index in [2.05, 4.69) is 5.32 Å². The highest BCUT2D eigenvalue weighted by molar-refractivity contribution is 5.89. The minimum Gasteiger partial charge on any atom is -0.462 e. The van der Waals surface area contributed by atoms with E-state index in [-0.39, 0.29) is 12.1 Å². The second kappa shape index (κ2) is 9.87. The molecule has 0 fully saturated rings. The molecule has 1 aromatic carbocycles. The Kier molecular flexibility index (Phi) is 8.16. The van der Waals surface area contributed by atoms with Crippen molar-refractivity contribution < 1.29 is 19.1 Å². The predicted octanol–water partition coefficient (Wildman–Crippen LogP) is 3.93. The molecular formula is C18H27NO4. The number of rotatable bonds is 8. The van der Waals surface area contributed by atoms with Crippen molar-refractivity contribution in [2.45, 2.75) is 52.1 Å². The molecule has 1 aromatic rings. The summed E-state index contributed by atoms with van der Waals surface area (Å²) in [5, 5.41) is 2.72. The topological polar surface area (TPSA) is 64.6 Å². The summed E-state index contributed by atoms with van der Waals surface area (Å²) in [5.41, 5.74) is 0.112. The van der Waals surface area contributed by atoms with E-state index in [1.165, 1.54) is 0 Å². The highest BCUT2D eigenvalue weighted by Gasteiger charge is 2.15. The molecule has 0 atom stereocenters. The lowest BCUT2D eigenvalue weighted by Crippen LogP contribution is -2.32. The second-order valence-corrected chi connectivity index (χ2v) is 6.34. The number of amides is 1. The zero-order valence-electron chi connectivity index (χ0n) is 14.3. The van der Waals surface area contributed by atoms with Crippen molar-refractivity contribution in [2.75, 3.05) is 13.2 Å². The van der Waals surface area contributed by atoms with Crippen LogP contribution in [0.3, 0.4) is 0 Å². The van der Waals surface area contributed by atoms with Gasteiger partial charge in [0.2, 0.25) is 0 Å². The van der Waals surface area contributed by atoms with Crippen molar-refractivity contribution in [3.8, 4) is 0 Å². The number of ether oxygens (including phenoxy) is 2. The van der Waals surface area contributed by atoms with Crippen molar-refractivity contribution in [2.24, 2.45) is 0 Å². The van der Waals surface area contributed by atoms with Gasteiger partial charge in [0.15, 0.2) is 0 Å². The maximum atomic E-state index is 11.7. The first kappa shape index (κ1) is 19.0. The van der Waals surface area contributed by atoms with Crippen molar-refractivity contribution in [1.82, 2.24) is 5.32 Å². The van der Waals surface area contributed by atoms with Crippen LogP contribution < -0.4 is 5.32 Å². The molecule has 0 aliphatic rings. The summed E-state index contributed by atoms with van der Waals surface area (Å²) in [5.74, 6) is -0.280. The van der Waals surface area contributed by atoms with Crippen molar-refractivity contribution in [1.29, 1.82) is 0 Å². The first-order valence-corrected chi connectivity index (χ1v) is 8.07. The number of benzene rings is 1. The van der Waals surface area contributed by atoms with E-state index in [1.807, 2.05) is 39.0 Å². The van der Waals surface area contributed by atoms with Crippen LogP contribution in [0.1, 0.15) is 56.8 Å². The summed E-state index contributed by atoms with van der Waals surface area (Å²) in [6.45, 7) is 6.53. The van der Waals surface area contributed by atoms with Gasteiger partial charge in [-0.1, -0.05) is 24.6 Å². The molecule has 0 aromatic heterocycles. The Morgan fingerprint density at radius 1 is 1.00 bits per heavy atom. The molecule has 1 N–H and O–H groups in total. The van der Waals surface area contributed by atoms with E-state index in [9.17, 15) is 9.59 Å². The molecule has 1 amide bonds. The van der Waals surface area contributed by atoms with Gasteiger partial charge >= 0.3 is 12.1 Å². The largest absolute Gasteiger partial charge is 0.462 e. The Morgan fingerprint density at radius 2 is 1.65 bits per heavy atom. The number of carbonyl (C=O) groups is 2. The van der Waals surface area contributed by atoms with Gasteiger partial charge in [-0.3, -0.25) is 0 Å². The lowest BCUT2D eigenvalue weighted by Gasteiger charge is -2.19. The van der Waals surface area contributed by atoms with Crippen LogP contribution in [0.4, 0.5) is 4.79 Å². The van der Waals surface area contributed by atoms with Crippen LogP contribution in [0, 0.1) is 0 Å². The third-order valence-corrected chi connectivity index (χ3v) is 2.98. The summed E-state index contributed by atoms with van der Waals surface area (Å²) < 4.78 is 10.3. The Bertz CT molecular complexity index is 480. The maximum Gasteiger partial charge on any atom is 0.407 e. The van der Waals surface area contributed by atoms with Gasteiger partial charge in [-0.2, -0.15) is 0 Å². The third kappa shape index (κ3) is 9.55. The zero-order chi connectivity index (χ0) is 17.1. The number of esters is 1. The Labute approximate surface area is 138 Å². The van der Waals surface area contributed by atoms with Gasteiger partial charge in [0.1, 0.15) is 5.60 Å². The third-order valence-electron chi connectivity index (χ3n) is 2.98. The van der Waals surface area contributed by atoms with Crippen LogP contribution in [-0.2, 0) is 9.47 Å². The van der Waals surface area contributed by atoms with Gasteiger partial charge in [0.25, 0.3) is 0 Å². The van der Waals surface area contributed by atoms with Gasteiger partial charge in [-0.25, -0.2) is 9.59 Å². The lowest BCUT2D eigenvalue weighted by molar-refractivity contribution is 0.0491. The van der Waals surface area contributed by atoms with Crippen LogP contribution in [0.25, 0.3) is 0 Å². The van der Waals surface area contributed by atoms with E-state index in [4.69, 9.17) is 9.47 Å². The van der Waals surface area contributed by atoms with Crippen molar-refractivity contribution in [3.63, 3.8) is 0 Å². The monoisotopic (exact) mass is 321 g/mol. The standard InChI is InChI=1S/C18H27NO4/c1-18(2,3)23-17(21)19-13-9-4-5-10-14-22-16(20)15-11-7-6-8-12-15/h6-8,11-12H,4-5,9-10,13-14H2,1-3H3,(H,19,21). The molecule has 0 bridgehead atoms. The average molecular weight is 321 g/mol. The van der Waals surface area contributed by atoms with Gasteiger partial charge < -0.3 is 14.8 Å². The molecule has 0 saturated carbocycles. The summed E-state index contributed by atoms with van der Waals surface area (Å²) in [6.07, 6.45) is 3.25. The molecule has 0 aliphatic heterocycles. The number of carbonyl (C=O) groups excluding carboxylic acids is 2. The maximum absolute atomic E-state index is 11.7. The van der Waals surface area contributed by atoms with Crippen LogP contribution in [0.15, 0.2) is 30.3 Å². The first-order valence-electron chi connectivity index (χ1n) is 8.07. The van der Waals surface area contributed by atoms with Crippen molar-refractivity contribution in [3.05, 3.63) is 35.9 Å². The van der Waals surface area contributed by atoms with Crippen LogP contribution in [-0.4, -0.2) is 30.8 Å². The van der Waals surface area contributed by atoms with Gasteiger partial charge in [0.05, 0.1) is 12.2 Å². The van der Waals surface area contributed by atoms with E-state index < -0.39 is 5.60 Å². The summed E-state index contributed by atoms with van der Waals surface area (Å²) in [6, 6.07) is 8.97. The fourth-order valence-electron chi connectivity index (χ4n) is 1.91. The number of alkyl carbamates (subject to hydrolysis) is 1. The Hall–Kier alpha value is -2.04. The smallest absolute Gasteiger partial charge is 0.407 e. The average Bonchev–Trinajstić information content (AvgIpc) is 2.48. The quantitative estimate of drug-likeness (QED) is 0.582. The summed E-state index contributed by atoms with van der Waals surface area (Å²) in [4.78, 5) is 23.1. The molecular weight excluding hydrogens is 294 g/mol. The Balaban J connectivity index is 1.98. The fourth-order valence-corrected chi connectivity index (χ4v) is 1.91. The molecule has 23 heavy (non-hydrogen) atoms. The van der Waals surface area contributed by atoms with Crippen LogP contribution >= 0.6 is 0 Å². The predicted molar refractivity (Wildman–Crippen MR) is 89.4 cm³/mol. The second-order valence-electron chi connectivity index (χ2n) is 6.34. The van der Waals surface area contributed by atoms with Gasteiger partial charge in [0, 0.05) is 6.54 Å². The molecule has 0 spiro atoms. The number of hydrogen-bond donors (Lipinski definition) is 1. The molecule has 0 radical (unpaired) electrons. The minimum atomic E-state index is -0.466. The van der Waals surface area contributed by atoms with Crippen LogP contribution in [0.2, 0.25) is 0 Å². The number of nitrogens with one attached hydrogen (secondary N) is 1. The van der Waals surface area contributed by atoms with E-state index in [1.54, 1.807) is 12.1 Å². The van der Waals surface area contributed by atoms with Crippen molar-refractivity contribution >= 4 is 12.1 Å². The number of unbranched alkanes of at least 4 members (excludes halogenated alkanes) is 3. The molecule has 0 saturated heterocycles. The number of hydrogen-bond acceptors (Lipinski definition) is 4. The lowest BCUT2D eigenvalue weighted by atomic mass is 10.2. The first-order chi connectivity index (χ1) is 10.9. The molecule has 5 nitrogen and oxygen atoms in total. The molecule has 128 valence electrons. The summed E-state index contributed by atoms with van der Waals surface area (Å²) in [7, 11) is 0. The molecule has 1 rings (SSSR count). The molecule has 0 unspecified atom stereocenters. The normalized spacial score (nSPS) is 10.9. The SMILES string of the molecule is CC(C)(C)OC(=O)NCCCCCCOC(=O)c1ccccc1. The molecule has 5 heteroatoms. The zero-order valence-corrected chi connectivity index (χ0v) is 14.3.